The molecule has 0 radical (unpaired) electrons. The van der Waals surface area contributed by atoms with Crippen molar-refractivity contribution in [3.63, 3.8) is 0 Å². The number of anilines is 2. The molecule has 1 fully saturated rings. The highest BCUT2D eigenvalue weighted by molar-refractivity contribution is 7.13. The lowest BCUT2D eigenvalue weighted by Crippen LogP contribution is -2.33. The zero-order chi connectivity index (χ0) is 17.8. The van der Waals surface area contributed by atoms with Gasteiger partial charge < -0.3 is 9.80 Å². The lowest BCUT2D eigenvalue weighted by Gasteiger charge is -2.28. The first-order valence-corrected chi connectivity index (χ1v) is 9.07. The van der Waals surface area contributed by atoms with Crippen LogP contribution in [0.4, 0.5) is 15.2 Å². The minimum absolute atomic E-state index is 0.115. The fourth-order valence-electron chi connectivity index (χ4n) is 2.88. The van der Waals surface area contributed by atoms with Crippen molar-refractivity contribution in [1.29, 1.82) is 5.26 Å². The Hall–Kier alpha value is -2.46. The summed E-state index contributed by atoms with van der Waals surface area (Å²) in [5.74, 6) is -0.303. The van der Waals surface area contributed by atoms with E-state index in [-0.39, 0.29) is 17.6 Å². The van der Waals surface area contributed by atoms with Gasteiger partial charge in [-0.05, 0) is 37.1 Å². The predicted molar refractivity (Wildman–Crippen MR) is 95.9 cm³/mol. The molecule has 1 aromatic heterocycles. The number of hydrogen-bond acceptors (Lipinski definition) is 5. The number of piperidine rings is 1. The summed E-state index contributed by atoms with van der Waals surface area (Å²) < 4.78 is 13.1. The molecule has 1 amide bonds. The van der Waals surface area contributed by atoms with E-state index in [2.05, 4.69) is 16.0 Å². The van der Waals surface area contributed by atoms with Crippen molar-refractivity contribution < 1.29 is 9.18 Å². The second kappa shape index (κ2) is 7.62. The van der Waals surface area contributed by atoms with Gasteiger partial charge in [0.2, 0.25) is 5.91 Å². The predicted octanol–water partition coefficient (Wildman–Crippen LogP) is 3.58. The molecular formula is C18H19FN4OS. The van der Waals surface area contributed by atoms with E-state index in [0.717, 1.165) is 36.8 Å². The summed E-state index contributed by atoms with van der Waals surface area (Å²) in [6.07, 6.45) is 1.72. The molecule has 25 heavy (non-hydrogen) atoms. The van der Waals surface area contributed by atoms with Crippen LogP contribution in [0.5, 0.6) is 0 Å². The lowest BCUT2D eigenvalue weighted by molar-refractivity contribution is -0.116. The zero-order valence-electron chi connectivity index (χ0n) is 14.0. The molecule has 0 saturated carbocycles. The average molecular weight is 358 g/mol. The highest BCUT2D eigenvalue weighted by atomic mass is 32.1. The van der Waals surface area contributed by atoms with Crippen molar-refractivity contribution in [1.82, 2.24) is 4.98 Å². The number of nitriles is 1. The lowest BCUT2D eigenvalue weighted by atomic mass is 9.99. The second-order valence-electron chi connectivity index (χ2n) is 6.09. The maximum atomic E-state index is 13.1. The van der Waals surface area contributed by atoms with Crippen molar-refractivity contribution in [2.45, 2.75) is 26.3 Å². The van der Waals surface area contributed by atoms with Crippen molar-refractivity contribution in [2.75, 3.05) is 22.9 Å². The Balaban J connectivity index is 1.70. The van der Waals surface area contributed by atoms with E-state index >= 15 is 0 Å². The molecule has 2 aromatic rings. The Bertz CT molecular complexity index is 775. The quantitative estimate of drug-likeness (QED) is 0.838. The van der Waals surface area contributed by atoms with E-state index in [9.17, 15) is 9.18 Å². The van der Waals surface area contributed by atoms with Crippen LogP contribution < -0.4 is 9.80 Å². The van der Waals surface area contributed by atoms with Crippen molar-refractivity contribution in [2.24, 2.45) is 5.92 Å². The third kappa shape index (κ3) is 4.15. The molecule has 0 unspecified atom stereocenters. The molecular weight excluding hydrogens is 339 g/mol. The van der Waals surface area contributed by atoms with Crippen LogP contribution >= 0.6 is 11.3 Å². The average Bonchev–Trinajstić information content (AvgIpc) is 3.09. The first-order chi connectivity index (χ1) is 12.1. The van der Waals surface area contributed by atoms with Crippen molar-refractivity contribution in [3.05, 3.63) is 41.2 Å². The number of aromatic nitrogens is 1. The number of amides is 1. The summed E-state index contributed by atoms with van der Waals surface area (Å²) >= 11 is 1.55. The summed E-state index contributed by atoms with van der Waals surface area (Å²) in [5, 5.41) is 11.9. The van der Waals surface area contributed by atoms with Gasteiger partial charge in [0, 0.05) is 37.0 Å². The standard InChI is InChI=1S/C18H19FN4OS/c1-13(24)23(17-4-2-15(19)3-5-17)11-16-12-25-18(21-16)22-8-6-14(10-20)7-9-22/h2-5,12,14H,6-9,11H2,1H3. The van der Waals surface area contributed by atoms with E-state index in [1.54, 1.807) is 28.4 Å². The Kier molecular flexibility index (Phi) is 5.29. The van der Waals surface area contributed by atoms with E-state index < -0.39 is 0 Å². The van der Waals surface area contributed by atoms with E-state index in [4.69, 9.17) is 5.26 Å². The zero-order valence-corrected chi connectivity index (χ0v) is 14.8. The summed E-state index contributed by atoms with van der Waals surface area (Å²) in [7, 11) is 0. The summed E-state index contributed by atoms with van der Waals surface area (Å²) in [5.41, 5.74) is 1.46. The molecule has 130 valence electrons. The molecule has 3 rings (SSSR count). The van der Waals surface area contributed by atoms with Crippen LogP contribution in [0.2, 0.25) is 0 Å². The minimum Gasteiger partial charge on any atom is -0.348 e. The van der Waals surface area contributed by atoms with Gasteiger partial charge in [-0.15, -0.1) is 11.3 Å². The topological polar surface area (TPSA) is 60.2 Å². The second-order valence-corrected chi connectivity index (χ2v) is 6.93. The van der Waals surface area contributed by atoms with Gasteiger partial charge in [0.15, 0.2) is 5.13 Å². The molecule has 1 aliphatic rings. The molecule has 1 aromatic carbocycles. The fraction of sp³-hybridized carbons (Fsp3) is 0.389. The van der Waals surface area contributed by atoms with Gasteiger partial charge in [0.1, 0.15) is 5.82 Å². The van der Waals surface area contributed by atoms with Gasteiger partial charge in [0.05, 0.1) is 18.3 Å². The van der Waals surface area contributed by atoms with Crippen molar-refractivity contribution >= 4 is 28.1 Å². The third-order valence-corrected chi connectivity index (χ3v) is 5.28. The maximum Gasteiger partial charge on any atom is 0.224 e. The highest BCUT2D eigenvalue weighted by Crippen LogP contribution is 2.27. The number of halogens is 1. The molecule has 0 N–H and O–H groups in total. The van der Waals surface area contributed by atoms with Crippen LogP contribution in [-0.4, -0.2) is 24.0 Å². The summed E-state index contributed by atoms with van der Waals surface area (Å²) in [6, 6.07) is 8.20. The van der Waals surface area contributed by atoms with Crippen LogP contribution in [0.25, 0.3) is 0 Å². The van der Waals surface area contributed by atoms with Gasteiger partial charge in [-0.25, -0.2) is 9.37 Å². The maximum absolute atomic E-state index is 13.1. The molecule has 1 aliphatic heterocycles. The molecule has 1 saturated heterocycles. The highest BCUT2D eigenvalue weighted by Gasteiger charge is 2.21. The largest absolute Gasteiger partial charge is 0.348 e. The third-order valence-electron chi connectivity index (χ3n) is 4.33. The number of carbonyl (C=O) groups excluding carboxylic acids is 1. The van der Waals surface area contributed by atoms with Gasteiger partial charge >= 0.3 is 0 Å². The molecule has 0 aliphatic carbocycles. The molecule has 2 heterocycles. The number of carbonyl (C=O) groups is 1. The van der Waals surface area contributed by atoms with E-state index in [1.165, 1.54) is 19.1 Å². The van der Waals surface area contributed by atoms with Crippen molar-refractivity contribution in [3.8, 4) is 6.07 Å². The smallest absolute Gasteiger partial charge is 0.224 e. The van der Waals surface area contributed by atoms with Gasteiger partial charge in [-0.1, -0.05) is 0 Å². The fourth-order valence-corrected chi connectivity index (χ4v) is 3.75. The van der Waals surface area contributed by atoms with Crippen LogP contribution in [0.3, 0.4) is 0 Å². The van der Waals surface area contributed by atoms with E-state index in [1.807, 2.05) is 5.38 Å². The van der Waals surface area contributed by atoms with Crippen LogP contribution in [0.15, 0.2) is 29.6 Å². The Morgan fingerprint density at radius 2 is 2.08 bits per heavy atom. The molecule has 0 bridgehead atoms. The van der Waals surface area contributed by atoms with Gasteiger partial charge in [0.25, 0.3) is 0 Å². The Morgan fingerprint density at radius 3 is 2.68 bits per heavy atom. The number of thiazole rings is 1. The van der Waals surface area contributed by atoms with E-state index in [0.29, 0.717) is 12.2 Å². The SMILES string of the molecule is CC(=O)N(Cc1csc(N2CCC(C#N)CC2)n1)c1ccc(F)cc1. The molecule has 0 atom stereocenters. The summed E-state index contributed by atoms with van der Waals surface area (Å²) in [4.78, 5) is 20.4. The van der Waals surface area contributed by atoms with Crippen LogP contribution in [0.1, 0.15) is 25.5 Å². The Labute approximate surface area is 150 Å². The number of hydrogen-bond donors (Lipinski definition) is 0. The molecule has 5 nitrogen and oxygen atoms in total. The Morgan fingerprint density at radius 1 is 1.40 bits per heavy atom. The number of rotatable bonds is 4. The molecule has 7 heteroatoms. The summed E-state index contributed by atoms with van der Waals surface area (Å²) in [6.45, 7) is 3.51. The van der Waals surface area contributed by atoms with Gasteiger partial charge in [-0.3, -0.25) is 4.79 Å². The van der Waals surface area contributed by atoms with Crippen LogP contribution in [0, 0.1) is 23.1 Å². The number of benzene rings is 1. The normalized spacial score (nSPS) is 15.0. The molecule has 0 spiro atoms. The minimum atomic E-state index is -0.330. The monoisotopic (exact) mass is 358 g/mol. The van der Waals surface area contributed by atoms with Gasteiger partial charge in [-0.2, -0.15) is 5.26 Å². The first-order valence-electron chi connectivity index (χ1n) is 8.19. The first kappa shape index (κ1) is 17.4. The number of nitrogens with zero attached hydrogens (tertiary/aromatic N) is 4. The van der Waals surface area contributed by atoms with Crippen LogP contribution in [-0.2, 0) is 11.3 Å².